The maximum absolute atomic E-state index is 12.5. The minimum absolute atomic E-state index is 0.0485. The van der Waals surface area contributed by atoms with Crippen molar-refractivity contribution >= 4 is 10.0 Å². The molecule has 0 saturated carbocycles. The van der Waals surface area contributed by atoms with Crippen LogP contribution in [0.3, 0.4) is 0 Å². The first-order chi connectivity index (χ1) is 10.4. The number of alkyl halides is 2. The molecule has 0 aliphatic rings. The van der Waals surface area contributed by atoms with Crippen molar-refractivity contribution in [1.29, 1.82) is 0 Å². The van der Waals surface area contributed by atoms with E-state index < -0.39 is 23.0 Å². The quantitative estimate of drug-likeness (QED) is 0.817. The molecule has 2 rings (SSSR count). The minimum atomic E-state index is -4.02. The highest BCUT2D eigenvalue weighted by Gasteiger charge is 2.26. The lowest BCUT2D eigenvalue weighted by molar-refractivity contribution is 0.121. The summed E-state index contributed by atoms with van der Waals surface area (Å²) in [4.78, 5) is 7.81. The van der Waals surface area contributed by atoms with Gasteiger partial charge in [-0.1, -0.05) is 37.3 Å². The largest absolute Gasteiger partial charge is 0.252 e. The fourth-order valence-corrected chi connectivity index (χ4v) is 3.20. The van der Waals surface area contributed by atoms with E-state index in [0.29, 0.717) is 10.1 Å². The van der Waals surface area contributed by atoms with Gasteiger partial charge in [-0.15, -0.1) is 0 Å². The second-order valence-corrected chi connectivity index (χ2v) is 6.39. The Balaban J connectivity index is 2.29. The van der Waals surface area contributed by atoms with Gasteiger partial charge < -0.3 is 0 Å². The summed E-state index contributed by atoms with van der Waals surface area (Å²) in [7, 11) is -4.02. The lowest BCUT2D eigenvalue weighted by Gasteiger charge is -2.19. The number of sulfonamides is 1. The summed E-state index contributed by atoms with van der Waals surface area (Å²) in [5, 5.41) is 0. The number of halogens is 2. The smallest absolute Gasteiger partial charge is 0.235 e. The third kappa shape index (κ3) is 3.63. The number of hydrogen-bond donors (Lipinski definition) is 0. The Hall–Kier alpha value is -1.93. The van der Waals surface area contributed by atoms with Crippen LogP contribution in [0.4, 0.5) is 8.78 Å². The van der Waals surface area contributed by atoms with E-state index in [0.717, 1.165) is 18.0 Å². The molecule has 118 valence electrons. The summed E-state index contributed by atoms with van der Waals surface area (Å²) >= 11 is 0. The molecule has 5 nitrogen and oxygen atoms in total. The zero-order chi connectivity index (χ0) is 16.2. The summed E-state index contributed by atoms with van der Waals surface area (Å²) in [6, 6.07) is 9.04. The van der Waals surface area contributed by atoms with E-state index in [-0.39, 0.29) is 11.4 Å². The van der Waals surface area contributed by atoms with Crippen LogP contribution in [0, 0.1) is 0 Å². The summed E-state index contributed by atoms with van der Waals surface area (Å²) in [6.07, 6.45) is -0.461. The molecule has 0 unspecified atom stereocenters. The fourth-order valence-electron chi connectivity index (χ4n) is 1.89. The molecule has 0 aliphatic carbocycles. The van der Waals surface area contributed by atoms with Gasteiger partial charge in [-0.25, -0.2) is 27.2 Å². The number of benzene rings is 1. The maximum atomic E-state index is 12.5. The second-order valence-electron chi connectivity index (χ2n) is 4.46. The predicted octanol–water partition coefficient (Wildman–Crippen LogP) is 2.42. The Morgan fingerprint density at radius 3 is 2.23 bits per heavy atom. The van der Waals surface area contributed by atoms with Gasteiger partial charge in [0, 0.05) is 12.1 Å². The van der Waals surface area contributed by atoms with Crippen LogP contribution in [0.15, 0.2) is 47.6 Å². The summed E-state index contributed by atoms with van der Waals surface area (Å²) in [5.41, 5.74) is 0.742. The second kappa shape index (κ2) is 6.89. The van der Waals surface area contributed by atoms with E-state index in [2.05, 4.69) is 9.97 Å². The zero-order valence-electron chi connectivity index (χ0n) is 11.9. The average molecular weight is 327 g/mol. The summed E-state index contributed by atoms with van der Waals surface area (Å²) < 4.78 is 50.2. The fraction of sp³-hybridized carbons (Fsp3) is 0.286. The van der Waals surface area contributed by atoms with Crippen molar-refractivity contribution in [2.24, 2.45) is 0 Å². The van der Waals surface area contributed by atoms with E-state index in [1.807, 2.05) is 18.2 Å². The Morgan fingerprint density at radius 2 is 1.73 bits per heavy atom. The van der Waals surface area contributed by atoms with Crippen LogP contribution in [0.25, 0.3) is 11.4 Å². The molecule has 0 aliphatic heterocycles. The van der Waals surface area contributed by atoms with Gasteiger partial charge in [0.2, 0.25) is 10.0 Å². The van der Waals surface area contributed by atoms with Crippen molar-refractivity contribution < 1.29 is 17.2 Å². The first-order valence-corrected chi connectivity index (χ1v) is 8.05. The molecule has 0 bridgehead atoms. The van der Waals surface area contributed by atoms with E-state index in [1.54, 1.807) is 12.1 Å². The van der Waals surface area contributed by atoms with E-state index in [1.165, 1.54) is 6.92 Å². The molecular weight excluding hydrogens is 312 g/mol. The van der Waals surface area contributed by atoms with Crippen molar-refractivity contribution in [3.8, 4) is 11.4 Å². The normalized spacial score (nSPS) is 12.0. The number of nitrogens with zero attached hydrogens (tertiary/aromatic N) is 3. The van der Waals surface area contributed by atoms with Gasteiger partial charge in [0.15, 0.2) is 5.82 Å². The molecule has 0 N–H and O–H groups in total. The van der Waals surface area contributed by atoms with Crippen LogP contribution >= 0.6 is 0 Å². The van der Waals surface area contributed by atoms with Crippen LogP contribution in [-0.2, 0) is 10.0 Å². The van der Waals surface area contributed by atoms with E-state index in [9.17, 15) is 17.2 Å². The molecule has 0 amide bonds. The maximum Gasteiger partial charge on any atom is 0.252 e. The first kappa shape index (κ1) is 16.4. The van der Waals surface area contributed by atoms with Gasteiger partial charge in [-0.05, 0) is 0 Å². The summed E-state index contributed by atoms with van der Waals surface area (Å²) in [5.74, 6) is 0.372. The lowest BCUT2D eigenvalue weighted by Crippen LogP contribution is -2.35. The highest BCUT2D eigenvalue weighted by Crippen LogP contribution is 2.18. The molecule has 0 saturated heterocycles. The Bertz CT molecular complexity index is 707. The predicted molar refractivity (Wildman–Crippen MR) is 77.9 cm³/mol. The van der Waals surface area contributed by atoms with Crippen molar-refractivity contribution in [1.82, 2.24) is 14.3 Å². The first-order valence-electron chi connectivity index (χ1n) is 6.61. The van der Waals surface area contributed by atoms with E-state index >= 15 is 0 Å². The topological polar surface area (TPSA) is 63.2 Å². The van der Waals surface area contributed by atoms with Gasteiger partial charge in [-0.3, -0.25) is 0 Å². The highest BCUT2D eigenvalue weighted by molar-refractivity contribution is 7.89. The molecule has 2 aromatic rings. The van der Waals surface area contributed by atoms with Crippen molar-refractivity contribution in [3.05, 3.63) is 42.7 Å². The lowest BCUT2D eigenvalue weighted by atomic mass is 10.2. The van der Waals surface area contributed by atoms with Crippen molar-refractivity contribution in [2.45, 2.75) is 18.2 Å². The van der Waals surface area contributed by atoms with Gasteiger partial charge in [0.25, 0.3) is 6.43 Å². The molecule has 22 heavy (non-hydrogen) atoms. The van der Waals surface area contributed by atoms with Crippen molar-refractivity contribution in [2.75, 3.05) is 13.1 Å². The Kier molecular flexibility index (Phi) is 5.15. The van der Waals surface area contributed by atoms with Gasteiger partial charge >= 0.3 is 0 Å². The molecular formula is C14H15F2N3O2S. The molecule has 1 heterocycles. The van der Waals surface area contributed by atoms with Crippen molar-refractivity contribution in [3.63, 3.8) is 0 Å². The molecule has 0 spiro atoms. The number of hydrogen-bond acceptors (Lipinski definition) is 4. The van der Waals surface area contributed by atoms with Crippen LogP contribution in [0.2, 0.25) is 0 Å². The van der Waals surface area contributed by atoms with Crippen LogP contribution in [0.5, 0.6) is 0 Å². The summed E-state index contributed by atoms with van der Waals surface area (Å²) in [6.45, 7) is 0.603. The number of aromatic nitrogens is 2. The minimum Gasteiger partial charge on any atom is -0.235 e. The van der Waals surface area contributed by atoms with Gasteiger partial charge in [0.05, 0.1) is 18.9 Å². The molecule has 0 atom stereocenters. The molecule has 0 radical (unpaired) electrons. The molecule has 1 aromatic heterocycles. The molecule has 1 aromatic carbocycles. The monoisotopic (exact) mass is 327 g/mol. The average Bonchev–Trinajstić information content (AvgIpc) is 2.53. The van der Waals surface area contributed by atoms with Gasteiger partial charge in [0.1, 0.15) is 4.90 Å². The Morgan fingerprint density at radius 1 is 1.14 bits per heavy atom. The number of rotatable bonds is 6. The van der Waals surface area contributed by atoms with Gasteiger partial charge in [-0.2, -0.15) is 4.31 Å². The van der Waals surface area contributed by atoms with Crippen LogP contribution < -0.4 is 0 Å². The van der Waals surface area contributed by atoms with E-state index in [4.69, 9.17) is 0 Å². The zero-order valence-corrected chi connectivity index (χ0v) is 12.7. The molecule has 0 fully saturated rings. The van der Waals surface area contributed by atoms with Crippen LogP contribution in [0.1, 0.15) is 6.92 Å². The Labute approximate surface area is 127 Å². The third-order valence-electron chi connectivity index (χ3n) is 2.99. The third-order valence-corrected chi connectivity index (χ3v) is 4.89. The standard InChI is InChI=1S/C14H15F2N3O2S/c1-2-19(10-13(15)16)22(20,21)12-8-17-14(18-9-12)11-6-4-3-5-7-11/h3-9,13H,2,10H2,1H3. The highest BCUT2D eigenvalue weighted by atomic mass is 32.2. The van der Waals surface area contributed by atoms with Crippen LogP contribution in [-0.4, -0.2) is 42.2 Å². The molecule has 8 heteroatoms. The SMILES string of the molecule is CCN(CC(F)F)S(=O)(=O)c1cnc(-c2ccccc2)nc1.